The Morgan fingerprint density at radius 1 is 0.441 bits per heavy atom. The molecule has 4 atom stereocenters. The van der Waals surface area contributed by atoms with Crippen LogP contribution in [0, 0.1) is 11.8 Å². The summed E-state index contributed by atoms with van der Waals surface area (Å²) in [5.41, 5.74) is 11.2. The highest BCUT2D eigenvalue weighted by Crippen LogP contribution is 2.43. The van der Waals surface area contributed by atoms with Gasteiger partial charge < -0.3 is 14.2 Å². The Morgan fingerprint density at radius 3 is 1.22 bits per heavy atom. The Bertz CT molecular complexity index is 1760. The maximum absolute atomic E-state index is 6.48. The number of unbranched alkanes of at least 4 members (excludes halogenated alkanes) is 2. The second-order valence-corrected chi connectivity index (χ2v) is 19.1. The van der Waals surface area contributed by atoms with Crippen molar-refractivity contribution in [3.05, 3.63) is 107 Å². The quantitative estimate of drug-likeness (QED) is 0.0836. The monoisotopic (exact) mass is 795 g/mol. The molecule has 8 rings (SSSR count). The van der Waals surface area contributed by atoms with Crippen LogP contribution in [0.15, 0.2) is 84.9 Å². The number of benzene rings is 4. The van der Waals surface area contributed by atoms with Crippen LogP contribution in [-0.4, -0.2) is 24.4 Å². The lowest BCUT2D eigenvalue weighted by Crippen LogP contribution is -2.13. The summed E-state index contributed by atoms with van der Waals surface area (Å²) in [6, 6.07) is 32.3. The number of rotatable bonds is 20. The van der Waals surface area contributed by atoms with Gasteiger partial charge in [0, 0.05) is 12.8 Å². The molecule has 0 amide bonds. The standard InChI is InChI=1S/C56H74O3/c1-5-9-13-53-55(58-53)37-47-35-45(41-19-15-39(11-7-3)16-20-41)27-33-51(47)43-23-29-49(30-24-43)57-50-31-25-44(26-32-50)52-34-28-46(42-21-17-40(12-8-4)18-22-42)36-48(52)38-56-54(59-56)14-10-6-2/h23-36,39-42,53-56H,5-22,37-38H2,1-4H3/t39?,40?,41?,42?,53-,54-,55-,56-/m0/s1. The molecule has 0 N–H and O–H groups in total. The minimum absolute atomic E-state index is 0.357. The van der Waals surface area contributed by atoms with Crippen molar-refractivity contribution in [2.75, 3.05) is 0 Å². The Balaban J connectivity index is 0.951. The maximum atomic E-state index is 6.48. The number of hydrogen-bond donors (Lipinski definition) is 0. The molecule has 2 aliphatic carbocycles. The number of hydrogen-bond acceptors (Lipinski definition) is 3. The van der Waals surface area contributed by atoms with E-state index in [0.29, 0.717) is 36.3 Å². The van der Waals surface area contributed by atoms with Gasteiger partial charge in [0.25, 0.3) is 0 Å². The third-order valence-electron chi connectivity index (χ3n) is 14.8. The molecule has 59 heavy (non-hydrogen) atoms. The molecular formula is C56H74O3. The topological polar surface area (TPSA) is 34.3 Å². The van der Waals surface area contributed by atoms with Crippen molar-refractivity contribution in [1.82, 2.24) is 0 Å². The van der Waals surface area contributed by atoms with E-state index in [1.807, 2.05) is 0 Å². The van der Waals surface area contributed by atoms with Gasteiger partial charge in [-0.3, -0.25) is 0 Å². The van der Waals surface area contributed by atoms with Gasteiger partial charge in [-0.1, -0.05) is 140 Å². The lowest BCUT2D eigenvalue weighted by Gasteiger charge is -2.29. The van der Waals surface area contributed by atoms with Gasteiger partial charge in [-0.05, 0) is 157 Å². The summed E-state index contributed by atoms with van der Waals surface area (Å²) in [4.78, 5) is 0. The minimum atomic E-state index is 0.357. The third-order valence-corrected chi connectivity index (χ3v) is 14.8. The van der Waals surface area contributed by atoms with Gasteiger partial charge in [-0.2, -0.15) is 0 Å². The van der Waals surface area contributed by atoms with Gasteiger partial charge in [-0.15, -0.1) is 0 Å². The van der Waals surface area contributed by atoms with E-state index in [4.69, 9.17) is 14.2 Å². The molecule has 2 aliphatic heterocycles. The summed E-state index contributed by atoms with van der Waals surface area (Å²) >= 11 is 0. The average Bonchev–Trinajstić information content (AvgIpc) is 4.20. The molecule has 316 valence electrons. The lowest BCUT2D eigenvalue weighted by molar-refractivity contribution is 0.308. The molecule has 0 unspecified atom stereocenters. The van der Waals surface area contributed by atoms with Crippen LogP contribution < -0.4 is 4.74 Å². The van der Waals surface area contributed by atoms with Crippen LogP contribution in [0.4, 0.5) is 0 Å². The molecule has 0 spiro atoms. The van der Waals surface area contributed by atoms with E-state index in [1.165, 1.54) is 160 Å². The molecule has 4 aromatic rings. The van der Waals surface area contributed by atoms with Crippen molar-refractivity contribution in [3.8, 4) is 33.8 Å². The summed E-state index contributed by atoms with van der Waals surface area (Å²) in [6.45, 7) is 9.23. The molecule has 4 aromatic carbocycles. The van der Waals surface area contributed by atoms with E-state index in [0.717, 1.165) is 36.2 Å². The molecule has 2 saturated carbocycles. The molecule has 3 nitrogen and oxygen atoms in total. The zero-order chi connectivity index (χ0) is 40.6. The maximum Gasteiger partial charge on any atom is 0.127 e. The summed E-state index contributed by atoms with van der Waals surface area (Å²) in [6.07, 6.45) is 27.2. The van der Waals surface area contributed by atoms with Crippen LogP contribution in [0.2, 0.25) is 0 Å². The highest BCUT2D eigenvalue weighted by atomic mass is 16.6. The fourth-order valence-electron chi connectivity index (χ4n) is 11.0. The molecular weight excluding hydrogens is 721 g/mol. The van der Waals surface area contributed by atoms with Gasteiger partial charge in [0.05, 0.1) is 24.4 Å². The molecule has 0 bridgehead atoms. The second-order valence-electron chi connectivity index (χ2n) is 19.1. The van der Waals surface area contributed by atoms with E-state index >= 15 is 0 Å². The Hall–Kier alpha value is -3.40. The Labute approximate surface area is 358 Å². The zero-order valence-corrected chi connectivity index (χ0v) is 37.1. The first-order valence-corrected chi connectivity index (χ1v) is 24.5. The van der Waals surface area contributed by atoms with Crippen LogP contribution in [-0.2, 0) is 22.3 Å². The zero-order valence-electron chi connectivity index (χ0n) is 37.1. The van der Waals surface area contributed by atoms with Crippen molar-refractivity contribution >= 4 is 0 Å². The first-order valence-electron chi connectivity index (χ1n) is 24.5. The minimum Gasteiger partial charge on any atom is -0.457 e. The molecule has 3 heteroatoms. The number of ether oxygens (including phenoxy) is 3. The highest BCUT2D eigenvalue weighted by Gasteiger charge is 2.39. The lowest BCUT2D eigenvalue weighted by atomic mass is 9.76. The van der Waals surface area contributed by atoms with Crippen molar-refractivity contribution in [3.63, 3.8) is 0 Å². The van der Waals surface area contributed by atoms with Gasteiger partial charge in [0.15, 0.2) is 0 Å². The highest BCUT2D eigenvalue weighted by molar-refractivity contribution is 5.70. The van der Waals surface area contributed by atoms with Crippen molar-refractivity contribution in [1.29, 1.82) is 0 Å². The van der Waals surface area contributed by atoms with Crippen molar-refractivity contribution < 1.29 is 14.2 Å². The van der Waals surface area contributed by atoms with E-state index in [-0.39, 0.29) is 0 Å². The van der Waals surface area contributed by atoms with Crippen LogP contribution in [0.25, 0.3) is 22.3 Å². The van der Waals surface area contributed by atoms with E-state index in [9.17, 15) is 0 Å². The fraction of sp³-hybridized carbons (Fsp3) is 0.571. The largest absolute Gasteiger partial charge is 0.457 e. The van der Waals surface area contributed by atoms with Crippen molar-refractivity contribution in [2.24, 2.45) is 11.8 Å². The van der Waals surface area contributed by atoms with Crippen LogP contribution in [0.5, 0.6) is 11.5 Å². The summed E-state index contributed by atoms with van der Waals surface area (Å²) < 4.78 is 18.9. The molecule has 0 aromatic heterocycles. The SMILES string of the molecule is CCCC[C@@H]1O[C@H]1Cc1cc(C2CCC(CCC)CC2)ccc1-c1ccc(Oc2ccc(-c3ccc(C4CCC(CCC)CC4)cc3C[C@@H]3O[C@H]3CCCC)cc2)cc1. The molecule has 0 radical (unpaired) electrons. The van der Waals surface area contributed by atoms with Crippen LogP contribution >= 0.6 is 0 Å². The van der Waals surface area contributed by atoms with Gasteiger partial charge in [0.1, 0.15) is 11.5 Å². The Morgan fingerprint density at radius 2 is 0.847 bits per heavy atom. The molecule has 4 fully saturated rings. The summed E-state index contributed by atoms with van der Waals surface area (Å²) in [7, 11) is 0. The summed E-state index contributed by atoms with van der Waals surface area (Å²) in [5.74, 6) is 4.98. The van der Waals surface area contributed by atoms with E-state index in [2.05, 4.69) is 113 Å². The molecule has 2 heterocycles. The molecule has 2 saturated heterocycles. The van der Waals surface area contributed by atoms with Crippen LogP contribution in [0.1, 0.15) is 177 Å². The second kappa shape index (κ2) is 20.4. The van der Waals surface area contributed by atoms with Gasteiger partial charge in [-0.25, -0.2) is 0 Å². The van der Waals surface area contributed by atoms with Crippen LogP contribution in [0.3, 0.4) is 0 Å². The van der Waals surface area contributed by atoms with Gasteiger partial charge in [0.2, 0.25) is 0 Å². The normalized spacial score (nSPS) is 26.4. The van der Waals surface area contributed by atoms with Gasteiger partial charge >= 0.3 is 0 Å². The molecule has 4 aliphatic rings. The smallest absolute Gasteiger partial charge is 0.127 e. The fourth-order valence-corrected chi connectivity index (χ4v) is 11.0. The predicted molar refractivity (Wildman–Crippen MR) is 247 cm³/mol. The van der Waals surface area contributed by atoms with Crippen molar-refractivity contribution in [2.45, 2.75) is 192 Å². The summed E-state index contributed by atoms with van der Waals surface area (Å²) in [5, 5.41) is 0. The predicted octanol–water partition coefficient (Wildman–Crippen LogP) is 16.0. The van der Waals surface area contributed by atoms with E-state index < -0.39 is 0 Å². The Kier molecular flexibility index (Phi) is 14.7. The number of epoxide rings is 2. The third kappa shape index (κ3) is 11.1. The first kappa shape index (κ1) is 42.3. The van der Waals surface area contributed by atoms with E-state index in [1.54, 1.807) is 0 Å². The average molecular weight is 795 g/mol. The first-order chi connectivity index (χ1) is 29.0.